The van der Waals surface area contributed by atoms with E-state index in [1.54, 1.807) is 0 Å². The molecule has 2 unspecified atom stereocenters. The summed E-state index contributed by atoms with van der Waals surface area (Å²) >= 11 is 0. The molecule has 2 atom stereocenters. The monoisotopic (exact) mass is 586 g/mol. The van der Waals surface area contributed by atoms with Gasteiger partial charge in [-0.3, -0.25) is 4.74 Å². The van der Waals surface area contributed by atoms with E-state index in [9.17, 15) is 88.2 Å². The molecule has 0 fully saturated rings. The van der Waals surface area contributed by atoms with Gasteiger partial charge in [0.15, 0.2) is 6.61 Å². The number of hydrogen-bond acceptors (Lipinski definition) is 4. The summed E-state index contributed by atoms with van der Waals surface area (Å²) in [4.78, 5) is 10.7. The summed E-state index contributed by atoms with van der Waals surface area (Å²) in [5.74, 6) is -33.9. The van der Waals surface area contributed by atoms with Gasteiger partial charge in [-0.25, -0.2) is 9.53 Å². The van der Waals surface area contributed by atoms with Gasteiger partial charge in [0, 0.05) is 6.08 Å². The van der Waals surface area contributed by atoms with Crippen molar-refractivity contribution < 1.29 is 102 Å². The maximum atomic E-state index is 13.9. The molecule has 23 heteroatoms. The van der Waals surface area contributed by atoms with E-state index in [4.69, 9.17) is 0 Å². The minimum absolute atomic E-state index is 0.128. The molecule has 0 bridgehead atoms. The van der Waals surface area contributed by atoms with Gasteiger partial charge in [-0.15, -0.1) is 0 Å². The van der Waals surface area contributed by atoms with Crippen LogP contribution in [0.3, 0.4) is 0 Å². The molecule has 0 heterocycles. The van der Waals surface area contributed by atoms with Gasteiger partial charge in [-0.05, 0) is 0 Å². The molecule has 36 heavy (non-hydrogen) atoms. The average Bonchev–Trinajstić information content (AvgIpc) is 2.62. The summed E-state index contributed by atoms with van der Waals surface area (Å²) in [7, 11) is 0. The molecule has 0 spiro atoms. The molecule has 0 radical (unpaired) electrons. The standard InChI is InChI=1S/C13H5F19O4/c1-2-4(33)34-3-5(14,9(21,22)23)35-13(32,11(27,28)29)36-12(30,31)8(19,20)6(15,16)7(17,18)10(24,25)26/h2H,1,3H2. The lowest BCUT2D eigenvalue weighted by molar-refractivity contribution is -0.564. The molecular weight excluding hydrogens is 581 g/mol. The van der Waals surface area contributed by atoms with Crippen LogP contribution >= 0.6 is 0 Å². The number of rotatable bonds is 10. The second-order valence-electron chi connectivity index (χ2n) is 6.01. The largest absolute Gasteiger partial charge is 0.478 e. The molecule has 0 aromatic rings. The molecule has 0 aliphatic heterocycles. The zero-order valence-corrected chi connectivity index (χ0v) is 15.8. The first-order valence-corrected chi connectivity index (χ1v) is 7.65. The van der Waals surface area contributed by atoms with Gasteiger partial charge >= 0.3 is 60.3 Å². The van der Waals surface area contributed by atoms with E-state index in [1.165, 1.54) is 4.74 Å². The fourth-order valence-electron chi connectivity index (χ4n) is 1.52. The van der Waals surface area contributed by atoms with Gasteiger partial charge < -0.3 is 4.74 Å². The Morgan fingerprint density at radius 2 is 1.00 bits per heavy atom. The predicted octanol–water partition coefficient (Wildman–Crippen LogP) is 6.22. The number of ether oxygens (including phenoxy) is 3. The lowest BCUT2D eigenvalue weighted by Gasteiger charge is -2.40. The van der Waals surface area contributed by atoms with Gasteiger partial charge in [-0.1, -0.05) is 6.58 Å². The summed E-state index contributed by atoms with van der Waals surface area (Å²) in [6.45, 7) is -0.801. The number of halogens is 19. The number of hydrogen-bond donors (Lipinski definition) is 0. The fraction of sp³-hybridized carbons (Fsp3) is 0.769. The highest BCUT2D eigenvalue weighted by molar-refractivity contribution is 5.81. The third-order valence-electron chi connectivity index (χ3n) is 3.39. The Labute approximate surface area is 183 Å². The maximum absolute atomic E-state index is 13.9. The Morgan fingerprint density at radius 3 is 1.31 bits per heavy atom. The van der Waals surface area contributed by atoms with Gasteiger partial charge in [-0.2, -0.15) is 83.4 Å². The van der Waals surface area contributed by atoms with Crippen LogP contribution in [0.5, 0.6) is 0 Å². The van der Waals surface area contributed by atoms with Crippen LogP contribution in [0.4, 0.5) is 83.4 Å². The van der Waals surface area contributed by atoms with Crippen LogP contribution in [0.25, 0.3) is 0 Å². The van der Waals surface area contributed by atoms with Crippen LogP contribution in [0.2, 0.25) is 0 Å². The van der Waals surface area contributed by atoms with E-state index in [-0.39, 0.29) is 6.08 Å². The molecule has 4 nitrogen and oxygen atoms in total. The quantitative estimate of drug-likeness (QED) is 0.132. The molecule has 0 aromatic carbocycles. The molecule has 0 N–H and O–H groups in total. The molecule has 0 aliphatic rings. The maximum Gasteiger partial charge on any atom is 0.478 e. The van der Waals surface area contributed by atoms with Crippen molar-refractivity contribution in [1.29, 1.82) is 0 Å². The van der Waals surface area contributed by atoms with Crippen LogP contribution in [0, 0.1) is 0 Å². The molecule has 214 valence electrons. The molecule has 0 saturated carbocycles. The summed E-state index contributed by atoms with van der Waals surface area (Å²) < 4.78 is 252. The normalized spacial score (nSPS) is 18.3. The van der Waals surface area contributed by atoms with Crippen LogP contribution in [-0.4, -0.2) is 66.9 Å². The van der Waals surface area contributed by atoms with E-state index in [2.05, 4.69) is 11.3 Å². The van der Waals surface area contributed by atoms with Crippen molar-refractivity contribution in [3.05, 3.63) is 12.7 Å². The van der Waals surface area contributed by atoms with Gasteiger partial charge in [0.05, 0.1) is 0 Å². The minimum atomic E-state index is -8.53. The van der Waals surface area contributed by atoms with E-state index in [0.29, 0.717) is 0 Å². The lowest BCUT2D eigenvalue weighted by atomic mass is 10.0. The summed E-state index contributed by atoms with van der Waals surface area (Å²) in [6, 6.07) is -7.67. The van der Waals surface area contributed by atoms with Gasteiger partial charge in [0.1, 0.15) is 0 Å². The number of esters is 1. The number of carbonyl (C=O) groups excluding carboxylic acids is 1. The highest BCUT2D eigenvalue weighted by Crippen LogP contribution is 2.59. The number of alkyl halides is 19. The average molecular weight is 586 g/mol. The van der Waals surface area contributed by atoms with Crippen molar-refractivity contribution in [3.63, 3.8) is 0 Å². The summed E-state index contributed by atoms with van der Waals surface area (Å²) in [6.07, 6.45) is -31.1. The summed E-state index contributed by atoms with van der Waals surface area (Å²) in [5.41, 5.74) is 0. The Balaban J connectivity index is 6.72. The van der Waals surface area contributed by atoms with E-state index in [1.807, 2.05) is 4.74 Å². The first-order chi connectivity index (χ1) is 15.4. The minimum Gasteiger partial charge on any atom is -0.456 e. The fourth-order valence-corrected chi connectivity index (χ4v) is 1.52. The topological polar surface area (TPSA) is 44.8 Å². The smallest absolute Gasteiger partial charge is 0.456 e. The van der Waals surface area contributed by atoms with Crippen molar-refractivity contribution in [2.45, 2.75) is 54.3 Å². The molecule has 0 saturated heterocycles. The first-order valence-electron chi connectivity index (χ1n) is 7.65. The van der Waals surface area contributed by atoms with Crippen LogP contribution in [0.1, 0.15) is 0 Å². The van der Waals surface area contributed by atoms with E-state index < -0.39 is 66.9 Å². The second kappa shape index (κ2) is 9.28. The molecule has 0 rings (SSSR count). The zero-order chi connectivity index (χ0) is 29.6. The predicted molar refractivity (Wildman–Crippen MR) is 69.0 cm³/mol. The van der Waals surface area contributed by atoms with Crippen LogP contribution < -0.4 is 0 Å². The van der Waals surface area contributed by atoms with Crippen molar-refractivity contribution in [2.75, 3.05) is 6.61 Å². The SMILES string of the molecule is C=CC(=O)OCC(F)(OC(F)(OC(F)(F)C(F)(F)C(F)(F)C(F)(F)C(F)(F)F)C(F)(F)F)C(F)(F)F. The third-order valence-corrected chi connectivity index (χ3v) is 3.39. The van der Waals surface area contributed by atoms with Crippen molar-refractivity contribution in [1.82, 2.24) is 0 Å². The Hall–Kier alpha value is -2.20. The van der Waals surface area contributed by atoms with E-state index >= 15 is 0 Å². The summed E-state index contributed by atoms with van der Waals surface area (Å²) in [5, 5.41) is 0. The highest BCUT2D eigenvalue weighted by atomic mass is 19.4. The Kier molecular flexibility index (Phi) is 8.71. The van der Waals surface area contributed by atoms with E-state index in [0.717, 1.165) is 0 Å². The highest BCUT2D eigenvalue weighted by Gasteiger charge is 2.89. The lowest BCUT2D eigenvalue weighted by Crippen LogP contribution is -2.69. The first kappa shape index (κ1) is 33.8. The molecular formula is C13H5F19O4. The Morgan fingerprint density at radius 1 is 0.583 bits per heavy atom. The van der Waals surface area contributed by atoms with Gasteiger partial charge in [0.2, 0.25) is 0 Å². The van der Waals surface area contributed by atoms with Crippen molar-refractivity contribution in [2.24, 2.45) is 0 Å². The molecule has 0 amide bonds. The van der Waals surface area contributed by atoms with Crippen LogP contribution in [-0.2, 0) is 19.0 Å². The van der Waals surface area contributed by atoms with Crippen molar-refractivity contribution >= 4 is 5.97 Å². The number of carbonyl (C=O) groups is 1. The van der Waals surface area contributed by atoms with Crippen molar-refractivity contribution in [3.8, 4) is 0 Å². The van der Waals surface area contributed by atoms with Crippen LogP contribution in [0.15, 0.2) is 12.7 Å². The Bertz CT molecular complexity index is 812. The third kappa shape index (κ3) is 5.85. The molecule has 0 aromatic heterocycles. The zero-order valence-electron chi connectivity index (χ0n) is 15.8. The van der Waals surface area contributed by atoms with Gasteiger partial charge in [0.25, 0.3) is 0 Å². The molecule has 0 aliphatic carbocycles. The second-order valence-corrected chi connectivity index (χ2v) is 6.01.